The van der Waals surface area contributed by atoms with Gasteiger partial charge in [-0.05, 0) is 17.2 Å². The fourth-order valence-corrected chi connectivity index (χ4v) is 3.13. The van der Waals surface area contributed by atoms with E-state index in [-0.39, 0.29) is 22.2 Å². The molecule has 0 fully saturated rings. The van der Waals surface area contributed by atoms with Crippen LogP contribution in [-0.2, 0) is 9.53 Å². The third-order valence-corrected chi connectivity index (χ3v) is 4.56. The largest absolute Gasteiger partial charge is 0.496 e. The predicted octanol–water partition coefficient (Wildman–Crippen LogP) is 5.25. The third-order valence-electron chi connectivity index (χ3n) is 4.25. The lowest BCUT2D eigenvalue weighted by molar-refractivity contribution is -0.114. The van der Waals surface area contributed by atoms with Gasteiger partial charge in [0.1, 0.15) is 11.3 Å². The van der Waals surface area contributed by atoms with E-state index in [1.807, 2.05) is 60.7 Å². The quantitative estimate of drug-likeness (QED) is 0.564. The number of carbonyl (C=O) groups is 2. The number of methoxy groups -OCH3 is 1. The molecule has 1 N–H and O–H groups in total. The maximum Gasteiger partial charge on any atom is 0.342 e. The molecule has 29 heavy (non-hydrogen) atoms. The standard InChI is InChI=1S/C23H20ClNO4/c1-15(26)25-20-14-21(28-2)18(13-19(20)24)23(27)29-22(16-9-5-3-6-10-16)17-11-7-4-8-12-17/h3-14,22H,1-2H3,(H,25,26). The Bertz CT molecular complexity index is 967. The van der Waals surface area contributed by atoms with E-state index in [9.17, 15) is 9.59 Å². The van der Waals surface area contributed by atoms with Gasteiger partial charge in [-0.1, -0.05) is 72.3 Å². The van der Waals surface area contributed by atoms with Crippen LogP contribution in [0.25, 0.3) is 0 Å². The summed E-state index contributed by atoms with van der Waals surface area (Å²) in [6.07, 6.45) is -0.594. The number of amides is 1. The molecular weight excluding hydrogens is 390 g/mol. The van der Waals surface area contributed by atoms with Crippen molar-refractivity contribution in [3.8, 4) is 5.75 Å². The molecule has 0 bridgehead atoms. The fourth-order valence-electron chi connectivity index (χ4n) is 2.92. The summed E-state index contributed by atoms with van der Waals surface area (Å²) in [6, 6.07) is 21.9. The highest BCUT2D eigenvalue weighted by molar-refractivity contribution is 6.34. The summed E-state index contributed by atoms with van der Waals surface area (Å²) in [5.41, 5.74) is 2.21. The van der Waals surface area contributed by atoms with Gasteiger partial charge in [0, 0.05) is 13.0 Å². The minimum atomic E-state index is -0.594. The van der Waals surface area contributed by atoms with Crippen molar-refractivity contribution in [3.05, 3.63) is 94.5 Å². The number of hydrogen-bond acceptors (Lipinski definition) is 4. The van der Waals surface area contributed by atoms with Gasteiger partial charge in [0.2, 0.25) is 5.91 Å². The van der Waals surface area contributed by atoms with Crippen LogP contribution in [0.15, 0.2) is 72.8 Å². The number of ether oxygens (including phenoxy) is 2. The minimum Gasteiger partial charge on any atom is -0.496 e. The van der Waals surface area contributed by atoms with Crippen LogP contribution in [0.4, 0.5) is 5.69 Å². The molecule has 0 saturated heterocycles. The number of anilines is 1. The molecule has 0 aromatic heterocycles. The van der Waals surface area contributed by atoms with Crippen molar-refractivity contribution in [1.82, 2.24) is 0 Å². The highest BCUT2D eigenvalue weighted by Gasteiger charge is 2.23. The lowest BCUT2D eigenvalue weighted by Gasteiger charge is -2.20. The lowest BCUT2D eigenvalue weighted by atomic mass is 10.0. The van der Waals surface area contributed by atoms with E-state index >= 15 is 0 Å². The van der Waals surface area contributed by atoms with Gasteiger partial charge in [-0.2, -0.15) is 0 Å². The molecule has 0 unspecified atom stereocenters. The zero-order chi connectivity index (χ0) is 20.8. The normalized spacial score (nSPS) is 10.5. The smallest absolute Gasteiger partial charge is 0.342 e. The van der Waals surface area contributed by atoms with Gasteiger partial charge in [0.15, 0.2) is 6.10 Å². The number of nitrogens with one attached hydrogen (secondary N) is 1. The molecule has 3 aromatic rings. The number of benzene rings is 3. The van der Waals surface area contributed by atoms with Crippen molar-refractivity contribution in [1.29, 1.82) is 0 Å². The van der Waals surface area contributed by atoms with Gasteiger partial charge in [-0.15, -0.1) is 0 Å². The lowest BCUT2D eigenvalue weighted by Crippen LogP contribution is -2.14. The van der Waals surface area contributed by atoms with Crippen molar-refractivity contribution < 1.29 is 19.1 Å². The molecule has 0 saturated carbocycles. The summed E-state index contributed by atoms with van der Waals surface area (Å²) < 4.78 is 11.2. The fraction of sp³-hybridized carbons (Fsp3) is 0.130. The van der Waals surface area contributed by atoms with Gasteiger partial charge < -0.3 is 14.8 Å². The van der Waals surface area contributed by atoms with E-state index < -0.39 is 12.1 Å². The molecular formula is C23H20ClNO4. The number of halogens is 1. The monoisotopic (exact) mass is 409 g/mol. The van der Waals surface area contributed by atoms with Crippen molar-refractivity contribution in [2.45, 2.75) is 13.0 Å². The first-order chi connectivity index (χ1) is 14.0. The zero-order valence-electron chi connectivity index (χ0n) is 16.0. The Balaban J connectivity index is 1.96. The van der Waals surface area contributed by atoms with Crippen molar-refractivity contribution in [3.63, 3.8) is 0 Å². The molecule has 0 aliphatic heterocycles. The molecule has 0 aliphatic carbocycles. The van der Waals surface area contributed by atoms with E-state index in [1.54, 1.807) is 0 Å². The average Bonchev–Trinajstić information content (AvgIpc) is 2.74. The van der Waals surface area contributed by atoms with Crippen LogP contribution < -0.4 is 10.1 Å². The molecule has 0 atom stereocenters. The van der Waals surface area contributed by atoms with E-state index in [2.05, 4.69) is 5.32 Å². The van der Waals surface area contributed by atoms with Crippen LogP contribution in [0.2, 0.25) is 5.02 Å². The maximum absolute atomic E-state index is 13.0. The Hall–Kier alpha value is -3.31. The predicted molar refractivity (Wildman–Crippen MR) is 112 cm³/mol. The Morgan fingerprint density at radius 2 is 1.48 bits per heavy atom. The molecule has 148 valence electrons. The van der Waals surface area contributed by atoms with Crippen molar-refractivity contribution >= 4 is 29.2 Å². The summed E-state index contributed by atoms with van der Waals surface area (Å²) in [5, 5.41) is 2.82. The molecule has 1 amide bonds. The highest BCUT2D eigenvalue weighted by Crippen LogP contribution is 2.34. The third kappa shape index (κ3) is 4.95. The highest BCUT2D eigenvalue weighted by atomic mass is 35.5. The summed E-state index contributed by atoms with van der Waals surface area (Å²) in [5.74, 6) is -0.614. The Morgan fingerprint density at radius 1 is 0.931 bits per heavy atom. The summed E-state index contributed by atoms with van der Waals surface area (Å²) in [4.78, 5) is 24.4. The SMILES string of the molecule is COc1cc(NC(C)=O)c(Cl)cc1C(=O)OC(c1ccccc1)c1ccccc1. The first kappa shape index (κ1) is 20.4. The van der Waals surface area contributed by atoms with E-state index in [0.29, 0.717) is 5.69 Å². The second-order valence-electron chi connectivity index (χ2n) is 6.32. The van der Waals surface area contributed by atoms with Crippen molar-refractivity contribution in [2.75, 3.05) is 12.4 Å². The Kier molecular flexibility index (Phi) is 6.52. The number of esters is 1. The van der Waals surface area contributed by atoms with Crippen LogP contribution >= 0.6 is 11.6 Å². The zero-order valence-corrected chi connectivity index (χ0v) is 16.8. The molecule has 3 aromatic carbocycles. The summed E-state index contributed by atoms with van der Waals surface area (Å²) in [6.45, 7) is 1.37. The Morgan fingerprint density at radius 3 is 1.97 bits per heavy atom. The van der Waals surface area contributed by atoms with Crippen LogP contribution in [0, 0.1) is 0 Å². The molecule has 3 rings (SSSR count). The van der Waals surface area contributed by atoms with E-state index in [4.69, 9.17) is 21.1 Å². The second kappa shape index (κ2) is 9.26. The van der Waals surface area contributed by atoms with Crippen molar-refractivity contribution in [2.24, 2.45) is 0 Å². The summed E-state index contributed by atoms with van der Waals surface area (Å²) >= 11 is 6.24. The van der Waals surface area contributed by atoms with Crippen LogP contribution in [0.3, 0.4) is 0 Å². The molecule has 0 aliphatic rings. The molecule has 6 heteroatoms. The van der Waals surface area contributed by atoms with Crippen LogP contribution in [0.1, 0.15) is 34.5 Å². The molecule has 0 radical (unpaired) electrons. The van der Waals surface area contributed by atoms with Gasteiger partial charge in [-0.3, -0.25) is 4.79 Å². The minimum absolute atomic E-state index is 0.170. The van der Waals surface area contributed by atoms with Gasteiger partial charge >= 0.3 is 5.97 Å². The first-order valence-corrected chi connectivity index (χ1v) is 9.33. The maximum atomic E-state index is 13.0. The van der Waals surface area contributed by atoms with Crippen LogP contribution in [0.5, 0.6) is 5.75 Å². The number of hydrogen-bond donors (Lipinski definition) is 1. The molecule has 5 nitrogen and oxygen atoms in total. The summed E-state index contributed by atoms with van der Waals surface area (Å²) in [7, 11) is 1.43. The molecule has 0 spiro atoms. The molecule has 0 heterocycles. The average molecular weight is 410 g/mol. The van der Waals surface area contributed by atoms with Crippen LogP contribution in [-0.4, -0.2) is 19.0 Å². The number of carbonyl (C=O) groups excluding carboxylic acids is 2. The second-order valence-corrected chi connectivity index (χ2v) is 6.73. The Labute approximate surface area is 174 Å². The van der Waals surface area contributed by atoms with E-state index in [1.165, 1.54) is 26.2 Å². The van der Waals surface area contributed by atoms with E-state index in [0.717, 1.165) is 11.1 Å². The van der Waals surface area contributed by atoms with Gasteiger partial charge in [0.05, 0.1) is 17.8 Å². The van der Waals surface area contributed by atoms with Gasteiger partial charge in [-0.25, -0.2) is 4.79 Å². The van der Waals surface area contributed by atoms with Gasteiger partial charge in [0.25, 0.3) is 0 Å². The topological polar surface area (TPSA) is 64.6 Å². The number of rotatable bonds is 6. The first-order valence-electron chi connectivity index (χ1n) is 8.95.